The first-order valence-corrected chi connectivity index (χ1v) is 7.53. The van der Waals surface area contributed by atoms with Crippen molar-refractivity contribution in [2.75, 3.05) is 38.3 Å². The van der Waals surface area contributed by atoms with Crippen molar-refractivity contribution in [2.45, 2.75) is 38.5 Å². The molecule has 0 atom stereocenters. The van der Waals surface area contributed by atoms with Gasteiger partial charge in [-0.3, -0.25) is 4.90 Å². The van der Waals surface area contributed by atoms with E-state index in [0.717, 1.165) is 0 Å². The molecule has 1 rings (SSSR count). The summed E-state index contributed by atoms with van der Waals surface area (Å²) in [7, 11) is 2.04. The lowest BCUT2D eigenvalue weighted by Gasteiger charge is -2.12. The molecule has 1 N–H and O–H groups in total. The summed E-state index contributed by atoms with van der Waals surface area (Å²) in [5.74, 6) is 2.63. The fraction of sp³-hybridized carbons (Fsp3) is 1.00. The van der Waals surface area contributed by atoms with E-state index in [2.05, 4.69) is 22.0 Å². The first kappa shape index (κ1) is 13.3. The highest BCUT2D eigenvalue weighted by Gasteiger charge is 2.10. The number of nitrogens with zero attached hydrogens (tertiary/aromatic N) is 1. The van der Waals surface area contributed by atoms with E-state index in [4.69, 9.17) is 0 Å². The van der Waals surface area contributed by atoms with Crippen LogP contribution in [0.25, 0.3) is 0 Å². The Morgan fingerprint density at radius 3 is 2.47 bits per heavy atom. The van der Waals surface area contributed by atoms with Gasteiger partial charge in [0.15, 0.2) is 0 Å². The van der Waals surface area contributed by atoms with Crippen molar-refractivity contribution in [1.82, 2.24) is 10.2 Å². The minimum Gasteiger partial charge on any atom is -0.320 e. The van der Waals surface area contributed by atoms with Crippen LogP contribution in [0, 0.1) is 0 Å². The van der Waals surface area contributed by atoms with Gasteiger partial charge in [0.2, 0.25) is 0 Å². The van der Waals surface area contributed by atoms with Gasteiger partial charge in [-0.15, -0.1) is 11.8 Å². The van der Waals surface area contributed by atoms with Gasteiger partial charge in [-0.1, -0.05) is 25.7 Å². The number of rotatable bonds is 9. The first-order chi connectivity index (χ1) is 7.43. The summed E-state index contributed by atoms with van der Waals surface area (Å²) in [6, 6.07) is 0. The van der Waals surface area contributed by atoms with Crippen molar-refractivity contribution >= 4 is 11.8 Å². The molecule has 0 unspecified atom stereocenters. The molecule has 15 heavy (non-hydrogen) atoms. The molecular formula is C12H26N2S. The summed E-state index contributed by atoms with van der Waals surface area (Å²) in [6.07, 6.45) is 8.45. The fourth-order valence-corrected chi connectivity index (χ4v) is 3.01. The van der Waals surface area contributed by atoms with E-state index in [1.807, 2.05) is 7.05 Å². The van der Waals surface area contributed by atoms with Crippen LogP contribution in [0.3, 0.4) is 0 Å². The van der Waals surface area contributed by atoms with Crippen molar-refractivity contribution in [1.29, 1.82) is 0 Å². The number of unbranched alkanes of at least 4 members (excludes halogenated alkanes) is 5. The molecule has 90 valence electrons. The van der Waals surface area contributed by atoms with Gasteiger partial charge in [-0.05, 0) is 33.0 Å². The molecule has 0 aromatic carbocycles. The molecule has 1 heterocycles. The average Bonchev–Trinajstić information content (AvgIpc) is 2.75. The van der Waals surface area contributed by atoms with Crippen LogP contribution in [0.15, 0.2) is 0 Å². The van der Waals surface area contributed by atoms with Crippen LogP contribution in [0.5, 0.6) is 0 Å². The molecule has 0 aromatic heterocycles. The maximum Gasteiger partial charge on any atom is 0.0445 e. The van der Waals surface area contributed by atoms with Crippen LogP contribution in [0.2, 0.25) is 0 Å². The van der Waals surface area contributed by atoms with Gasteiger partial charge >= 0.3 is 0 Å². The third-order valence-electron chi connectivity index (χ3n) is 2.98. The third-order valence-corrected chi connectivity index (χ3v) is 4.00. The molecule has 3 heteroatoms. The molecule has 0 spiro atoms. The van der Waals surface area contributed by atoms with E-state index in [0.29, 0.717) is 0 Å². The van der Waals surface area contributed by atoms with Crippen molar-refractivity contribution < 1.29 is 0 Å². The second-order valence-corrected chi connectivity index (χ2v) is 5.45. The number of thioether (sulfide) groups is 1. The predicted molar refractivity (Wildman–Crippen MR) is 70.5 cm³/mol. The summed E-state index contributed by atoms with van der Waals surface area (Å²) in [5.41, 5.74) is 0. The number of hydrogen-bond donors (Lipinski definition) is 1. The van der Waals surface area contributed by atoms with Gasteiger partial charge in [-0.25, -0.2) is 0 Å². The van der Waals surface area contributed by atoms with Gasteiger partial charge in [0, 0.05) is 18.2 Å². The van der Waals surface area contributed by atoms with Gasteiger partial charge in [0.25, 0.3) is 0 Å². The smallest absolute Gasteiger partial charge is 0.0445 e. The Morgan fingerprint density at radius 1 is 1.07 bits per heavy atom. The Hall–Kier alpha value is 0.270. The Bertz CT molecular complexity index is 136. The minimum atomic E-state index is 1.19. The predicted octanol–water partition coefficient (Wildman–Crippen LogP) is 2.55. The van der Waals surface area contributed by atoms with Crippen molar-refractivity contribution in [3.8, 4) is 0 Å². The molecule has 1 fully saturated rings. The number of nitrogens with one attached hydrogen (secondary N) is 1. The Kier molecular flexibility index (Phi) is 8.44. The lowest BCUT2D eigenvalue weighted by Crippen LogP contribution is -2.20. The zero-order chi connectivity index (χ0) is 10.8. The molecule has 1 aliphatic rings. The van der Waals surface area contributed by atoms with E-state index in [1.165, 1.54) is 69.8 Å². The highest BCUT2D eigenvalue weighted by molar-refractivity contribution is 7.99. The maximum atomic E-state index is 3.20. The molecule has 0 saturated carbocycles. The monoisotopic (exact) mass is 230 g/mol. The highest BCUT2D eigenvalue weighted by atomic mass is 32.2. The Morgan fingerprint density at radius 2 is 1.80 bits per heavy atom. The lowest BCUT2D eigenvalue weighted by molar-refractivity contribution is 0.343. The first-order valence-electron chi connectivity index (χ1n) is 6.38. The highest BCUT2D eigenvalue weighted by Crippen LogP contribution is 2.14. The Balaban J connectivity index is 1.73. The second-order valence-electron chi connectivity index (χ2n) is 4.38. The van der Waals surface area contributed by atoms with Gasteiger partial charge < -0.3 is 5.32 Å². The zero-order valence-electron chi connectivity index (χ0n) is 10.1. The lowest BCUT2D eigenvalue weighted by atomic mass is 10.1. The van der Waals surface area contributed by atoms with Crippen LogP contribution in [0.4, 0.5) is 0 Å². The third kappa shape index (κ3) is 7.20. The SMILES string of the molecule is CNCCCCCCCCN1CCSC1. The quantitative estimate of drug-likeness (QED) is 0.613. The molecule has 1 aliphatic heterocycles. The van der Waals surface area contributed by atoms with Crippen LogP contribution < -0.4 is 5.32 Å². The van der Waals surface area contributed by atoms with E-state index >= 15 is 0 Å². The molecule has 0 aromatic rings. The maximum absolute atomic E-state index is 3.20. The van der Waals surface area contributed by atoms with Gasteiger partial charge in [-0.2, -0.15) is 0 Å². The molecule has 2 nitrogen and oxygen atoms in total. The van der Waals surface area contributed by atoms with E-state index in [9.17, 15) is 0 Å². The molecule has 0 aliphatic carbocycles. The second kappa shape index (κ2) is 9.49. The molecule has 0 bridgehead atoms. The van der Waals surface area contributed by atoms with Crippen LogP contribution in [0.1, 0.15) is 38.5 Å². The summed E-state index contributed by atoms with van der Waals surface area (Å²) in [6.45, 7) is 3.85. The zero-order valence-corrected chi connectivity index (χ0v) is 11.0. The fourth-order valence-electron chi connectivity index (χ4n) is 1.97. The topological polar surface area (TPSA) is 15.3 Å². The van der Waals surface area contributed by atoms with Crippen LogP contribution >= 0.6 is 11.8 Å². The van der Waals surface area contributed by atoms with Crippen molar-refractivity contribution in [3.63, 3.8) is 0 Å². The summed E-state index contributed by atoms with van der Waals surface area (Å²) in [4.78, 5) is 2.59. The Labute approximate surface area is 99.2 Å². The minimum absolute atomic E-state index is 1.19. The van der Waals surface area contributed by atoms with E-state index in [1.54, 1.807) is 0 Å². The molecule has 1 saturated heterocycles. The molecule has 0 radical (unpaired) electrons. The molecular weight excluding hydrogens is 204 g/mol. The van der Waals surface area contributed by atoms with Crippen LogP contribution in [-0.2, 0) is 0 Å². The van der Waals surface area contributed by atoms with Crippen molar-refractivity contribution in [2.24, 2.45) is 0 Å². The molecule has 0 amide bonds. The van der Waals surface area contributed by atoms with Gasteiger partial charge in [0.05, 0.1) is 0 Å². The van der Waals surface area contributed by atoms with Gasteiger partial charge in [0.1, 0.15) is 0 Å². The standard InChI is InChI=1S/C12H26N2S/c1-13-8-6-4-2-3-5-7-9-14-10-11-15-12-14/h13H,2-12H2,1H3. The largest absolute Gasteiger partial charge is 0.320 e. The normalized spacial score (nSPS) is 17.4. The summed E-state index contributed by atoms with van der Waals surface area (Å²) >= 11 is 2.08. The van der Waals surface area contributed by atoms with E-state index < -0.39 is 0 Å². The summed E-state index contributed by atoms with van der Waals surface area (Å²) in [5, 5.41) is 3.20. The van der Waals surface area contributed by atoms with Crippen LogP contribution in [-0.4, -0.2) is 43.2 Å². The van der Waals surface area contributed by atoms with Crippen molar-refractivity contribution in [3.05, 3.63) is 0 Å². The average molecular weight is 230 g/mol. The number of hydrogen-bond acceptors (Lipinski definition) is 3. The summed E-state index contributed by atoms with van der Waals surface area (Å²) < 4.78 is 0. The van der Waals surface area contributed by atoms with E-state index in [-0.39, 0.29) is 0 Å².